The zero-order valence-corrected chi connectivity index (χ0v) is 10.5. The lowest BCUT2D eigenvalue weighted by molar-refractivity contribution is 0.610. The second kappa shape index (κ2) is 5.65. The van der Waals surface area contributed by atoms with Crippen LogP contribution < -0.4 is 16.2 Å². The lowest BCUT2D eigenvalue weighted by atomic mass is 10.2. The number of rotatable bonds is 5. The lowest BCUT2D eigenvalue weighted by Gasteiger charge is -2.26. The molecule has 3 N–H and O–H groups in total. The van der Waals surface area contributed by atoms with E-state index in [2.05, 4.69) is 34.1 Å². The van der Waals surface area contributed by atoms with Crippen LogP contribution in [0, 0.1) is 6.92 Å². The first kappa shape index (κ1) is 12.7. The van der Waals surface area contributed by atoms with Gasteiger partial charge in [-0.25, -0.2) is 15.8 Å². The van der Waals surface area contributed by atoms with Gasteiger partial charge in [-0.05, 0) is 20.3 Å². The molecule has 1 aromatic rings. The summed E-state index contributed by atoms with van der Waals surface area (Å²) in [5.41, 5.74) is 2.56. The average Bonchev–Trinajstić information content (AvgIpc) is 2.27. The van der Waals surface area contributed by atoms with Gasteiger partial charge >= 0.3 is 0 Å². The third-order valence-corrected chi connectivity index (χ3v) is 2.70. The Kier molecular flexibility index (Phi) is 4.49. The van der Waals surface area contributed by atoms with Gasteiger partial charge in [-0.1, -0.05) is 13.3 Å². The first-order valence-corrected chi connectivity index (χ1v) is 5.63. The summed E-state index contributed by atoms with van der Waals surface area (Å²) in [4.78, 5) is 10.7. The summed E-state index contributed by atoms with van der Waals surface area (Å²) < 4.78 is 0. The maximum Gasteiger partial charge on any atom is 0.145 e. The SMILES string of the molecule is CCCC(C)N(C)c1cc(NN)nc(C)n1. The highest BCUT2D eigenvalue weighted by Gasteiger charge is 2.11. The molecule has 0 saturated heterocycles. The molecule has 16 heavy (non-hydrogen) atoms. The maximum atomic E-state index is 5.36. The lowest BCUT2D eigenvalue weighted by Crippen LogP contribution is -2.29. The highest BCUT2D eigenvalue weighted by atomic mass is 15.3. The van der Waals surface area contributed by atoms with Crippen molar-refractivity contribution in [2.75, 3.05) is 17.4 Å². The summed E-state index contributed by atoms with van der Waals surface area (Å²) in [6.07, 6.45) is 2.31. The number of nitrogens with one attached hydrogen (secondary N) is 1. The van der Waals surface area contributed by atoms with Gasteiger partial charge in [0, 0.05) is 19.2 Å². The van der Waals surface area contributed by atoms with Crippen LogP contribution in [0.4, 0.5) is 11.6 Å². The van der Waals surface area contributed by atoms with E-state index in [1.165, 1.54) is 0 Å². The van der Waals surface area contributed by atoms with Gasteiger partial charge in [-0.3, -0.25) is 0 Å². The number of nitrogens with two attached hydrogens (primary N) is 1. The summed E-state index contributed by atoms with van der Waals surface area (Å²) in [7, 11) is 2.04. The molecule has 1 rings (SSSR count). The van der Waals surface area contributed by atoms with Crippen molar-refractivity contribution in [3.63, 3.8) is 0 Å². The van der Waals surface area contributed by atoms with Crippen LogP contribution in [0.3, 0.4) is 0 Å². The van der Waals surface area contributed by atoms with Crippen LogP contribution in [0.25, 0.3) is 0 Å². The minimum atomic E-state index is 0.463. The molecular weight excluding hydrogens is 202 g/mol. The minimum absolute atomic E-state index is 0.463. The smallest absolute Gasteiger partial charge is 0.145 e. The molecule has 0 aliphatic rings. The summed E-state index contributed by atoms with van der Waals surface area (Å²) in [6, 6.07) is 2.32. The van der Waals surface area contributed by atoms with Gasteiger partial charge in [0.15, 0.2) is 0 Å². The first-order chi connectivity index (χ1) is 7.58. The number of hydrogen-bond donors (Lipinski definition) is 2. The summed E-state index contributed by atoms with van der Waals surface area (Å²) in [5.74, 6) is 7.64. The fourth-order valence-corrected chi connectivity index (χ4v) is 1.64. The van der Waals surface area contributed by atoms with E-state index >= 15 is 0 Å². The molecule has 1 unspecified atom stereocenters. The van der Waals surface area contributed by atoms with Crippen molar-refractivity contribution < 1.29 is 0 Å². The second-order valence-corrected chi connectivity index (χ2v) is 4.05. The molecule has 5 nitrogen and oxygen atoms in total. The highest BCUT2D eigenvalue weighted by Crippen LogP contribution is 2.17. The van der Waals surface area contributed by atoms with Crippen LogP contribution in [0.5, 0.6) is 0 Å². The van der Waals surface area contributed by atoms with Crippen molar-refractivity contribution in [3.8, 4) is 0 Å². The van der Waals surface area contributed by atoms with E-state index < -0.39 is 0 Å². The van der Waals surface area contributed by atoms with Crippen molar-refractivity contribution in [1.82, 2.24) is 9.97 Å². The Morgan fingerprint density at radius 1 is 1.50 bits per heavy atom. The third kappa shape index (κ3) is 3.06. The topological polar surface area (TPSA) is 67.1 Å². The highest BCUT2D eigenvalue weighted by molar-refractivity contribution is 5.48. The van der Waals surface area contributed by atoms with E-state index in [9.17, 15) is 0 Å². The Balaban J connectivity index is 2.89. The number of aryl methyl sites for hydroxylation is 1. The molecular formula is C11H21N5. The number of nitrogen functional groups attached to an aromatic ring is 1. The van der Waals surface area contributed by atoms with Gasteiger partial charge in [-0.15, -0.1) is 0 Å². The molecule has 0 aliphatic heterocycles. The van der Waals surface area contributed by atoms with Crippen molar-refractivity contribution in [3.05, 3.63) is 11.9 Å². The van der Waals surface area contributed by atoms with Crippen LogP contribution in [-0.2, 0) is 0 Å². The van der Waals surface area contributed by atoms with Gasteiger partial charge < -0.3 is 10.3 Å². The van der Waals surface area contributed by atoms with Crippen LogP contribution in [0.15, 0.2) is 6.07 Å². The number of hydrazine groups is 1. The van der Waals surface area contributed by atoms with Crippen molar-refractivity contribution in [2.24, 2.45) is 5.84 Å². The summed E-state index contributed by atoms with van der Waals surface area (Å²) in [5, 5.41) is 0. The van der Waals surface area contributed by atoms with Gasteiger partial charge in [0.25, 0.3) is 0 Å². The molecule has 0 bridgehead atoms. The van der Waals surface area contributed by atoms with Crippen LogP contribution in [0.2, 0.25) is 0 Å². The molecule has 0 amide bonds. The fraction of sp³-hybridized carbons (Fsp3) is 0.636. The average molecular weight is 223 g/mol. The van der Waals surface area contributed by atoms with E-state index in [1.54, 1.807) is 0 Å². The van der Waals surface area contributed by atoms with Crippen molar-refractivity contribution >= 4 is 11.6 Å². The zero-order chi connectivity index (χ0) is 12.1. The molecule has 1 aromatic heterocycles. The van der Waals surface area contributed by atoms with Gasteiger partial charge in [0.2, 0.25) is 0 Å². The van der Waals surface area contributed by atoms with E-state index in [4.69, 9.17) is 5.84 Å². The van der Waals surface area contributed by atoms with Crippen LogP contribution in [0.1, 0.15) is 32.5 Å². The van der Waals surface area contributed by atoms with E-state index in [1.807, 2.05) is 20.0 Å². The van der Waals surface area contributed by atoms with Crippen molar-refractivity contribution in [2.45, 2.75) is 39.7 Å². The van der Waals surface area contributed by atoms with E-state index in [-0.39, 0.29) is 0 Å². The fourth-order valence-electron chi connectivity index (χ4n) is 1.64. The number of hydrogen-bond acceptors (Lipinski definition) is 5. The maximum absolute atomic E-state index is 5.36. The van der Waals surface area contributed by atoms with Crippen LogP contribution in [-0.4, -0.2) is 23.1 Å². The Morgan fingerprint density at radius 2 is 2.19 bits per heavy atom. The second-order valence-electron chi connectivity index (χ2n) is 4.05. The molecule has 90 valence electrons. The molecule has 0 aliphatic carbocycles. The molecule has 1 heterocycles. The summed E-state index contributed by atoms with van der Waals surface area (Å²) in [6.45, 7) is 6.24. The standard InChI is InChI=1S/C11H21N5/c1-5-6-8(2)16(4)11-7-10(15-12)13-9(3)14-11/h7-8H,5-6,12H2,1-4H3,(H,13,14,15). The first-order valence-electron chi connectivity index (χ1n) is 5.63. The Labute approximate surface area is 97.0 Å². The Bertz CT molecular complexity index is 339. The Hall–Kier alpha value is -1.36. The minimum Gasteiger partial charge on any atom is -0.357 e. The zero-order valence-electron chi connectivity index (χ0n) is 10.5. The van der Waals surface area contributed by atoms with Gasteiger partial charge in [0.05, 0.1) is 0 Å². The molecule has 1 atom stereocenters. The Morgan fingerprint density at radius 3 is 2.75 bits per heavy atom. The van der Waals surface area contributed by atoms with E-state index in [0.717, 1.165) is 24.5 Å². The number of aromatic nitrogens is 2. The van der Waals surface area contributed by atoms with E-state index in [0.29, 0.717) is 11.9 Å². The van der Waals surface area contributed by atoms with Gasteiger partial charge in [-0.2, -0.15) is 0 Å². The largest absolute Gasteiger partial charge is 0.357 e. The van der Waals surface area contributed by atoms with Gasteiger partial charge in [0.1, 0.15) is 17.5 Å². The summed E-state index contributed by atoms with van der Waals surface area (Å²) >= 11 is 0. The number of anilines is 2. The molecule has 5 heteroatoms. The monoisotopic (exact) mass is 223 g/mol. The normalized spacial score (nSPS) is 12.3. The third-order valence-electron chi connectivity index (χ3n) is 2.70. The number of nitrogens with zero attached hydrogens (tertiary/aromatic N) is 3. The molecule has 0 spiro atoms. The molecule has 0 aromatic carbocycles. The van der Waals surface area contributed by atoms with Crippen molar-refractivity contribution in [1.29, 1.82) is 0 Å². The quantitative estimate of drug-likeness (QED) is 0.587. The molecule has 0 saturated carbocycles. The molecule has 0 radical (unpaired) electrons. The van der Waals surface area contributed by atoms with Crippen LogP contribution >= 0.6 is 0 Å². The molecule has 0 fully saturated rings. The predicted octanol–water partition coefficient (Wildman–Crippen LogP) is 1.70. The predicted molar refractivity (Wildman–Crippen MR) is 67.4 cm³/mol.